The van der Waals surface area contributed by atoms with Gasteiger partial charge in [0.05, 0.1) is 0 Å². The summed E-state index contributed by atoms with van der Waals surface area (Å²) in [5.74, 6) is 0. The average molecular weight is 320 g/mol. The van der Waals surface area contributed by atoms with Crippen molar-refractivity contribution in [2.45, 2.75) is 19.8 Å². The van der Waals surface area contributed by atoms with Gasteiger partial charge < -0.3 is 0 Å². The third kappa shape index (κ3) is 2.29. The van der Waals surface area contributed by atoms with Crippen LogP contribution in [-0.2, 0) is 6.42 Å². The SMILES string of the molecule is Cc1cccc(C2=C(c3cccc4c3Cc3ccccc3-4)CC=C2)c1. The van der Waals surface area contributed by atoms with Crippen LogP contribution in [0, 0.1) is 6.92 Å². The van der Waals surface area contributed by atoms with Gasteiger partial charge in [-0.1, -0.05) is 84.4 Å². The van der Waals surface area contributed by atoms with E-state index in [2.05, 4.69) is 85.8 Å². The minimum absolute atomic E-state index is 1.02. The highest BCUT2D eigenvalue weighted by molar-refractivity contribution is 6.00. The quantitative estimate of drug-likeness (QED) is 0.399. The molecule has 2 aliphatic rings. The van der Waals surface area contributed by atoms with Crippen molar-refractivity contribution in [3.05, 3.63) is 107 Å². The second-order valence-electron chi connectivity index (χ2n) is 7.03. The third-order valence-corrected chi connectivity index (χ3v) is 5.44. The number of aryl methyl sites for hydroxylation is 1. The molecule has 0 aliphatic heterocycles. The fraction of sp³-hybridized carbons (Fsp3) is 0.120. The van der Waals surface area contributed by atoms with Crippen molar-refractivity contribution in [3.63, 3.8) is 0 Å². The molecule has 0 aromatic heterocycles. The van der Waals surface area contributed by atoms with E-state index in [-0.39, 0.29) is 0 Å². The van der Waals surface area contributed by atoms with Gasteiger partial charge in [0.2, 0.25) is 0 Å². The van der Waals surface area contributed by atoms with Gasteiger partial charge >= 0.3 is 0 Å². The first kappa shape index (κ1) is 14.5. The van der Waals surface area contributed by atoms with Crippen LogP contribution in [0.1, 0.15) is 34.2 Å². The zero-order valence-electron chi connectivity index (χ0n) is 14.4. The molecule has 0 heterocycles. The summed E-state index contributed by atoms with van der Waals surface area (Å²) in [6.45, 7) is 2.17. The molecular formula is C25H20. The smallest absolute Gasteiger partial charge is 0.000740 e. The highest BCUT2D eigenvalue weighted by Crippen LogP contribution is 2.44. The maximum Gasteiger partial charge on any atom is -0.000740 e. The fourth-order valence-corrected chi connectivity index (χ4v) is 4.28. The molecule has 2 aliphatic carbocycles. The van der Waals surface area contributed by atoms with E-state index in [1.807, 2.05) is 0 Å². The molecule has 120 valence electrons. The van der Waals surface area contributed by atoms with Crippen LogP contribution in [0.25, 0.3) is 22.3 Å². The molecule has 25 heavy (non-hydrogen) atoms. The molecule has 3 aromatic carbocycles. The molecule has 0 unspecified atom stereocenters. The number of benzene rings is 3. The maximum atomic E-state index is 2.31. The number of rotatable bonds is 2. The van der Waals surface area contributed by atoms with Crippen molar-refractivity contribution in [1.82, 2.24) is 0 Å². The Labute approximate surface area is 149 Å². The van der Waals surface area contributed by atoms with Gasteiger partial charge in [-0.3, -0.25) is 0 Å². The molecular weight excluding hydrogens is 300 g/mol. The van der Waals surface area contributed by atoms with E-state index >= 15 is 0 Å². The van der Waals surface area contributed by atoms with Gasteiger partial charge in [0.1, 0.15) is 0 Å². The van der Waals surface area contributed by atoms with Gasteiger partial charge in [0.15, 0.2) is 0 Å². The predicted octanol–water partition coefficient (Wildman–Crippen LogP) is 6.44. The lowest BCUT2D eigenvalue weighted by Gasteiger charge is -2.13. The van der Waals surface area contributed by atoms with Crippen LogP contribution in [0.15, 0.2) is 78.9 Å². The van der Waals surface area contributed by atoms with Gasteiger partial charge in [-0.05, 0) is 64.3 Å². The first-order valence-electron chi connectivity index (χ1n) is 8.98. The highest BCUT2D eigenvalue weighted by atomic mass is 14.3. The van der Waals surface area contributed by atoms with E-state index in [4.69, 9.17) is 0 Å². The van der Waals surface area contributed by atoms with Gasteiger partial charge in [-0.2, -0.15) is 0 Å². The van der Waals surface area contributed by atoms with Crippen LogP contribution in [0.3, 0.4) is 0 Å². The summed E-state index contributed by atoms with van der Waals surface area (Å²) in [6.07, 6.45) is 6.67. The normalized spacial score (nSPS) is 14.8. The molecule has 0 atom stereocenters. The van der Waals surface area contributed by atoms with Crippen molar-refractivity contribution in [2.24, 2.45) is 0 Å². The predicted molar refractivity (Wildman–Crippen MR) is 106 cm³/mol. The van der Waals surface area contributed by atoms with Crippen molar-refractivity contribution in [2.75, 3.05) is 0 Å². The fourth-order valence-electron chi connectivity index (χ4n) is 4.28. The van der Waals surface area contributed by atoms with Crippen molar-refractivity contribution in [3.8, 4) is 11.1 Å². The Morgan fingerprint density at radius 2 is 1.56 bits per heavy atom. The molecule has 0 N–H and O–H groups in total. The van der Waals surface area contributed by atoms with Crippen LogP contribution >= 0.6 is 0 Å². The van der Waals surface area contributed by atoms with Crippen LogP contribution < -0.4 is 0 Å². The van der Waals surface area contributed by atoms with Crippen molar-refractivity contribution in [1.29, 1.82) is 0 Å². The summed E-state index contributed by atoms with van der Waals surface area (Å²) >= 11 is 0. The van der Waals surface area contributed by atoms with E-state index in [0.717, 1.165) is 12.8 Å². The molecule has 3 aromatic rings. The lowest BCUT2D eigenvalue weighted by molar-refractivity contribution is 1.24. The Morgan fingerprint density at radius 1 is 0.760 bits per heavy atom. The third-order valence-electron chi connectivity index (χ3n) is 5.44. The van der Waals surface area contributed by atoms with E-state index in [9.17, 15) is 0 Å². The molecule has 0 heteroatoms. The summed E-state index contributed by atoms with van der Waals surface area (Å²) in [5.41, 5.74) is 12.7. The summed E-state index contributed by atoms with van der Waals surface area (Å²) in [6, 6.07) is 24.5. The molecule has 0 saturated carbocycles. The minimum atomic E-state index is 1.02. The molecule has 0 bridgehead atoms. The van der Waals surface area contributed by atoms with E-state index < -0.39 is 0 Å². The van der Waals surface area contributed by atoms with Gasteiger partial charge in [-0.25, -0.2) is 0 Å². The first-order valence-corrected chi connectivity index (χ1v) is 8.98. The van der Waals surface area contributed by atoms with Gasteiger partial charge in [-0.15, -0.1) is 0 Å². The summed E-state index contributed by atoms with van der Waals surface area (Å²) in [5, 5.41) is 0. The first-order chi connectivity index (χ1) is 12.3. The molecule has 5 rings (SSSR count). The molecule has 0 spiro atoms. The zero-order chi connectivity index (χ0) is 16.8. The molecule has 0 amide bonds. The van der Waals surface area contributed by atoms with Crippen LogP contribution in [0.2, 0.25) is 0 Å². The Morgan fingerprint density at radius 3 is 2.48 bits per heavy atom. The number of hydrogen-bond acceptors (Lipinski definition) is 0. The lowest BCUT2D eigenvalue weighted by Crippen LogP contribution is -1.93. The number of allylic oxidation sites excluding steroid dienone is 4. The molecule has 0 nitrogen and oxygen atoms in total. The van der Waals surface area contributed by atoms with E-state index in [0.29, 0.717) is 0 Å². The largest absolute Gasteiger partial charge is 0.0795 e. The molecule has 0 saturated heterocycles. The Hall–Kier alpha value is -2.86. The van der Waals surface area contributed by atoms with Crippen LogP contribution in [-0.4, -0.2) is 0 Å². The second kappa shape index (κ2) is 5.60. The van der Waals surface area contributed by atoms with Gasteiger partial charge in [0.25, 0.3) is 0 Å². The zero-order valence-corrected chi connectivity index (χ0v) is 14.4. The van der Waals surface area contributed by atoms with Crippen LogP contribution in [0.4, 0.5) is 0 Å². The standard InChI is InChI=1S/C25H20/c1-17-7-4-9-18(15-17)21-11-5-12-22(21)24-14-6-13-23-20-10-3-2-8-19(20)16-25(23)24/h2-11,13-15H,12,16H2,1H3. The summed E-state index contributed by atoms with van der Waals surface area (Å²) < 4.78 is 0. The number of hydrogen-bond donors (Lipinski definition) is 0. The maximum absolute atomic E-state index is 2.31. The van der Waals surface area contributed by atoms with Crippen LogP contribution in [0.5, 0.6) is 0 Å². The van der Waals surface area contributed by atoms with Crippen molar-refractivity contribution >= 4 is 11.1 Å². The Balaban J connectivity index is 1.69. The Bertz CT molecular complexity index is 1050. The minimum Gasteiger partial charge on any atom is -0.0795 e. The number of fused-ring (bicyclic) bond motifs is 3. The topological polar surface area (TPSA) is 0 Å². The van der Waals surface area contributed by atoms with E-state index in [1.165, 1.54) is 50.1 Å². The monoisotopic (exact) mass is 320 g/mol. The molecule has 0 radical (unpaired) electrons. The second-order valence-corrected chi connectivity index (χ2v) is 7.03. The van der Waals surface area contributed by atoms with E-state index in [1.54, 1.807) is 0 Å². The molecule has 0 fully saturated rings. The Kier molecular flexibility index (Phi) is 3.24. The van der Waals surface area contributed by atoms with Crippen molar-refractivity contribution < 1.29 is 0 Å². The average Bonchev–Trinajstić information content (AvgIpc) is 3.26. The van der Waals surface area contributed by atoms with Gasteiger partial charge in [0, 0.05) is 0 Å². The highest BCUT2D eigenvalue weighted by Gasteiger charge is 2.23. The summed E-state index contributed by atoms with van der Waals surface area (Å²) in [4.78, 5) is 0. The lowest BCUT2D eigenvalue weighted by atomic mass is 9.91. The summed E-state index contributed by atoms with van der Waals surface area (Å²) in [7, 11) is 0.